The lowest BCUT2D eigenvalue weighted by Crippen LogP contribution is -2.46. The third-order valence-corrected chi connectivity index (χ3v) is 5.01. The number of morpholine rings is 1. The fraction of sp³-hybridized carbons (Fsp3) is 0.500. The number of nitrogens with zero attached hydrogens (tertiary/aromatic N) is 2. The van der Waals surface area contributed by atoms with Gasteiger partial charge in [0, 0.05) is 37.3 Å². The highest BCUT2D eigenvalue weighted by molar-refractivity contribution is 6.04. The number of para-hydroxylation sites is 1. The van der Waals surface area contributed by atoms with Crippen molar-refractivity contribution in [3.63, 3.8) is 0 Å². The molecule has 2 fully saturated rings. The standard InChI is InChI=1S/C20H25N3O3/c1-2-25-20(24)17-12-21-18-6-4-3-5-16(18)19(17)22-11-15-13-23(9-10-26-15)14-7-8-14/h3-6,12,14-15H,2,7-11,13H2,1H3,(H,21,22). The van der Waals surface area contributed by atoms with Gasteiger partial charge in [-0.15, -0.1) is 0 Å². The minimum atomic E-state index is -0.350. The van der Waals surface area contributed by atoms with E-state index in [0.29, 0.717) is 18.7 Å². The summed E-state index contributed by atoms with van der Waals surface area (Å²) in [6.07, 6.45) is 4.33. The molecule has 1 unspecified atom stereocenters. The second-order valence-electron chi connectivity index (χ2n) is 6.88. The Labute approximate surface area is 153 Å². The van der Waals surface area contributed by atoms with E-state index in [0.717, 1.165) is 42.3 Å². The molecule has 2 aliphatic rings. The van der Waals surface area contributed by atoms with E-state index in [1.165, 1.54) is 12.8 Å². The summed E-state index contributed by atoms with van der Waals surface area (Å²) < 4.78 is 11.1. The monoisotopic (exact) mass is 355 g/mol. The molecule has 6 heteroatoms. The number of anilines is 1. The number of benzene rings is 1. The molecule has 0 radical (unpaired) electrons. The highest BCUT2D eigenvalue weighted by atomic mass is 16.5. The zero-order chi connectivity index (χ0) is 17.9. The molecule has 0 amide bonds. The van der Waals surface area contributed by atoms with Crippen molar-refractivity contribution in [2.75, 3.05) is 38.2 Å². The van der Waals surface area contributed by atoms with Crippen molar-refractivity contribution >= 4 is 22.6 Å². The fourth-order valence-corrected chi connectivity index (χ4v) is 3.55. The van der Waals surface area contributed by atoms with Crippen LogP contribution in [0.25, 0.3) is 10.9 Å². The topological polar surface area (TPSA) is 63.7 Å². The van der Waals surface area contributed by atoms with Crippen LogP contribution in [0.3, 0.4) is 0 Å². The number of aromatic nitrogens is 1. The number of ether oxygens (including phenoxy) is 2. The summed E-state index contributed by atoms with van der Waals surface area (Å²) >= 11 is 0. The Bertz CT molecular complexity index is 791. The average Bonchev–Trinajstić information content (AvgIpc) is 3.51. The summed E-state index contributed by atoms with van der Waals surface area (Å²) in [5, 5.41) is 4.38. The highest BCUT2D eigenvalue weighted by Gasteiger charge is 2.33. The molecule has 1 atom stereocenters. The number of esters is 1. The number of rotatable bonds is 6. The lowest BCUT2D eigenvalue weighted by Gasteiger charge is -2.33. The largest absolute Gasteiger partial charge is 0.462 e. The molecule has 0 spiro atoms. The number of hydrogen-bond acceptors (Lipinski definition) is 6. The van der Waals surface area contributed by atoms with Crippen molar-refractivity contribution < 1.29 is 14.3 Å². The van der Waals surface area contributed by atoms with E-state index in [1.807, 2.05) is 31.2 Å². The molecule has 2 aromatic rings. The van der Waals surface area contributed by atoms with E-state index in [-0.39, 0.29) is 12.1 Å². The Morgan fingerprint density at radius 3 is 3.04 bits per heavy atom. The molecule has 26 heavy (non-hydrogen) atoms. The summed E-state index contributed by atoms with van der Waals surface area (Å²) in [5.74, 6) is -0.350. The zero-order valence-electron chi connectivity index (χ0n) is 15.1. The molecule has 2 heterocycles. The van der Waals surface area contributed by atoms with Crippen LogP contribution in [0, 0.1) is 0 Å². The minimum absolute atomic E-state index is 0.117. The molecule has 1 saturated carbocycles. The first-order chi connectivity index (χ1) is 12.8. The molecule has 6 nitrogen and oxygen atoms in total. The molecule has 138 valence electrons. The van der Waals surface area contributed by atoms with Crippen LogP contribution >= 0.6 is 0 Å². The van der Waals surface area contributed by atoms with Gasteiger partial charge in [-0.3, -0.25) is 9.88 Å². The van der Waals surface area contributed by atoms with Crippen LogP contribution in [-0.4, -0.2) is 60.8 Å². The number of pyridine rings is 1. The summed E-state index contributed by atoms with van der Waals surface area (Å²) in [6.45, 7) is 5.53. The molecule has 1 aliphatic heterocycles. The molecule has 1 aromatic carbocycles. The van der Waals surface area contributed by atoms with E-state index in [4.69, 9.17) is 9.47 Å². The van der Waals surface area contributed by atoms with Gasteiger partial charge in [0.25, 0.3) is 0 Å². The van der Waals surface area contributed by atoms with Crippen LogP contribution in [0.15, 0.2) is 30.5 Å². The second-order valence-corrected chi connectivity index (χ2v) is 6.88. The summed E-state index contributed by atoms with van der Waals surface area (Å²) in [5.41, 5.74) is 2.11. The van der Waals surface area contributed by atoms with Crippen molar-refractivity contribution in [1.29, 1.82) is 0 Å². The molecule has 1 aromatic heterocycles. The molecule has 1 aliphatic carbocycles. The van der Waals surface area contributed by atoms with Crippen molar-refractivity contribution in [2.24, 2.45) is 0 Å². The molecule has 0 bridgehead atoms. The van der Waals surface area contributed by atoms with Gasteiger partial charge in [-0.05, 0) is 25.8 Å². The van der Waals surface area contributed by atoms with E-state index in [2.05, 4.69) is 15.2 Å². The van der Waals surface area contributed by atoms with E-state index >= 15 is 0 Å². The van der Waals surface area contributed by atoms with Crippen LogP contribution in [0.5, 0.6) is 0 Å². The highest BCUT2D eigenvalue weighted by Crippen LogP contribution is 2.29. The van der Waals surface area contributed by atoms with E-state index in [1.54, 1.807) is 6.20 Å². The van der Waals surface area contributed by atoms with Gasteiger partial charge in [0.1, 0.15) is 5.56 Å². The van der Waals surface area contributed by atoms with E-state index in [9.17, 15) is 4.79 Å². The number of nitrogens with one attached hydrogen (secondary N) is 1. The number of fused-ring (bicyclic) bond motifs is 1. The summed E-state index contributed by atoms with van der Waals surface area (Å²) in [4.78, 5) is 19.3. The predicted octanol–water partition coefficient (Wildman–Crippen LogP) is 2.69. The maximum atomic E-state index is 12.4. The Balaban J connectivity index is 1.55. The smallest absolute Gasteiger partial charge is 0.341 e. The first-order valence-electron chi connectivity index (χ1n) is 9.40. The first-order valence-corrected chi connectivity index (χ1v) is 9.40. The Hall–Kier alpha value is -2.18. The lowest BCUT2D eigenvalue weighted by molar-refractivity contribution is -0.0241. The van der Waals surface area contributed by atoms with Gasteiger partial charge in [0.2, 0.25) is 0 Å². The van der Waals surface area contributed by atoms with Gasteiger partial charge in [-0.2, -0.15) is 0 Å². The minimum Gasteiger partial charge on any atom is -0.462 e. The van der Waals surface area contributed by atoms with Crippen LogP contribution in [0.1, 0.15) is 30.1 Å². The fourth-order valence-electron chi connectivity index (χ4n) is 3.55. The Morgan fingerprint density at radius 1 is 1.38 bits per heavy atom. The molecular weight excluding hydrogens is 330 g/mol. The quantitative estimate of drug-likeness (QED) is 0.804. The average molecular weight is 355 g/mol. The van der Waals surface area contributed by atoms with Gasteiger partial charge in [0.15, 0.2) is 0 Å². The van der Waals surface area contributed by atoms with Crippen molar-refractivity contribution in [3.05, 3.63) is 36.0 Å². The number of carbonyl (C=O) groups is 1. The van der Waals surface area contributed by atoms with Crippen LogP contribution in [-0.2, 0) is 9.47 Å². The first kappa shape index (κ1) is 17.2. The predicted molar refractivity (Wildman–Crippen MR) is 101 cm³/mol. The van der Waals surface area contributed by atoms with Gasteiger partial charge in [-0.1, -0.05) is 18.2 Å². The second kappa shape index (κ2) is 7.60. The summed E-state index contributed by atoms with van der Waals surface area (Å²) in [6, 6.07) is 8.57. The number of carbonyl (C=O) groups excluding carboxylic acids is 1. The third-order valence-electron chi connectivity index (χ3n) is 5.01. The van der Waals surface area contributed by atoms with Crippen molar-refractivity contribution in [3.8, 4) is 0 Å². The van der Waals surface area contributed by atoms with Crippen molar-refractivity contribution in [1.82, 2.24) is 9.88 Å². The van der Waals surface area contributed by atoms with Gasteiger partial charge in [-0.25, -0.2) is 4.79 Å². The maximum absolute atomic E-state index is 12.4. The summed E-state index contributed by atoms with van der Waals surface area (Å²) in [7, 11) is 0. The van der Waals surface area contributed by atoms with Crippen molar-refractivity contribution in [2.45, 2.75) is 31.9 Å². The molecule has 4 rings (SSSR count). The van der Waals surface area contributed by atoms with Crippen LogP contribution in [0.2, 0.25) is 0 Å². The Kier molecular flexibility index (Phi) is 5.04. The zero-order valence-corrected chi connectivity index (χ0v) is 15.1. The molecule has 1 N–H and O–H groups in total. The molecule has 1 saturated heterocycles. The van der Waals surface area contributed by atoms with Gasteiger partial charge >= 0.3 is 5.97 Å². The van der Waals surface area contributed by atoms with Crippen LogP contribution in [0.4, 0.5) is 5.69 Å². The van der Waals surface area contributed by atoms with Gasteiger partial charge < -0.3 is 14.8 Å². The van der Waals surface area contributed by atoms with Crippen LogP contribution < -0.4 is 5.32 Å². The molecular formula is C20H25N3O3. The van der Waals surface area contributed by atoms with E-state index < -0.39 is 0 Å². The Morgan fingerprint density at radius 2 is 2.23 bits per heavy atom. The third kappa shape index (κ3) is 3.66. The normalized spacial score (nSPS) is 20.9. The number of hydrogen-bond donors (Lipinski definition) is 1. The SMILES string of the molecule is CCOC(=O)c1cnc2ccccc2c1NCC1CN(C2CC2)CCO1. The lowest BCUT2D eigenvalue weighted by atomic mass is 10.1. The maximum Gasteiger partial charge on any atom is 0.341 e. The van der Waals surface area contributed by atoms with Gasteiger partial charge in [0.05, 0.1) is 30.5 Å².